The van der Waals surface area contributed by atoms with E-state index in [1.54, 1.807) is 6.07 Å². The van der Waals surface area contributed by atoms with Crippen LogP contribution in [0.25, 0.3) is 11.5 Å². The van der Waals surface area contributed by atoms with Crippen LogP contribution in [-0.2, 0) is 0 Å². The van der Waals surface area contributed by atoms with Crippen LogP contribution >= 0.6 is 0 Å². The molecule has 3 rings (SSSR count). The summed E-state index contributed by atoms with van der Waals surface area (Å²) in [6.45, 7) is 3.43. The van der Waals surface area contributed by atoms with Gasteiger partial charge in [0.25, 0.3) is 5.91 Å². The Bertz CT molecular complexity index is 623. The van der Waals surface area contributed by atoms with Gasteiger partial charge in [-0.2, -0.15) is 5.10 Å². The van der Waals surface area contributed by atoms with Crippen LogP contribution in [0.15, 0.2) is 22.6 Å². The number of rotatable bonds is 3. The summed E-state index contributed by atoms with van der Waals surface area (Å²) in [5.41, 5.74) is 1.18. The predicted molar refractivity (Wildman–Crippen MR) is 79.0 cm³/mol. The van der Waals surface area contributed by atoms with Crippen molar-refractivity contribution in [1.82, 2.24) is 20.4 Å². The normalized spacial score (nSPS) is 16.4. The third-order valence-corrected chi connectivity index (χ3v) is 3.99. The number of H-pyrrole nitrogens is 1. The number of carbonyl (C=O) groups is 1. The lowest BCUT2D eigenvalue weighted by molar-refractivity contribution is 0.0701. The van der Waals surface area contributed by atoms with Crippen molar-refractivity contribution in [3.8, 4) is 11.5 Å². The quantitative estimate of drug-likeness (QED) is 0.903. The van der Waals surface area contributed by atoms with Gasteiger partial charge in [0.05, 0.1) is 0 Å². The molecule has 0 atom stereocenters. The zero-order valence-electron chi connectivity index (χ0n) is 12.3. The number of furan rings is 1. The summed E-state index contributed by atoms with van der Waals surface area (Å²) >= 11 is 0. The van der Waals surface area contributed by atoms with Gasteiger partial charge in [-0.1, -0.05) is 0 Å². The summed E-state index contributed by atoms with van der Waals surface area (Å²) < 4.78 is 5.53. The van der Waals surface area contributed by atoms with Gasteiger partial charge in [0, 0.05) is 25.2 Å². The Morgan fingerprint density at radius 3 is 2.81 bits per heavy atom. The maximum absolute atomic E-state index is 12.4. The molecule has 2 N–H and O–H groups in total. The first-order valence-electron chi connectivity index (χ1n) is 7.26. The smallest absolute Gasteiger partial charge is 0.274 e. The van der Waals surface area contributed by atoms with Crippen LogP contribution in [0, 0.1) is 6.92 Å². The van der Waals surface area contributed by atoms with E-state index in [0.717, 1.165) is 37.4 Å². The van der Waals surface area contributed by atoms with E-state index in [2.05, 4.69) is 15.5 Å². The third-order valence-electron chi connectivity index (χ3n) is 3.99. The molecule has 1 aliphatic heterocycles. The lowest BCUT2D eigenvalue weighted by atomic mass is 10.1. The lowest BCUT2D eigenvalue weighted by Crippen LogP contribution is -2.44. The average Bonchev–Trinajstić information content (AvgIpc) is 3.15. The van der Waals surface area contributed by atoms with E-state index < -0.39 is 0 Å². The average molecular weight is 288 g/mol. The Hall–Kier alpha value is -2.08. The van der Waals surface area contributed by atoms with Gasteiger partial charge in [0.15, 0.2) is 11.5 Å². The van der Waals surface area contributed by atoms with Gasteiger partial charge in [-0.15, -0.1) is 0 Å². The Balaban J connectivity index is 1.70. The van der Waals surface area contributed by atoms with E-state index in [1.165, 1.54) is 0 Å². The molecule has 1 saturated heterocycles. The zero-order chi connectivity index (χ0) is 14.8. The zero-order valence-corrected chi connectivity index (χ0v) is 12.3. The molecule has 21 heavy (non-hydrogen) atoms. The van der Waals surface area contributed by atoms with Crippen LogP contribution in [0.3, 0.4) is 0 Å². The van der Waals surface area contributed by atoms with Crippen molar-refractivity contribution in [3.05, 3.63) is 29.7 Å². The molecule has 3 heterocycles. The molecule has 0 bridgehead atoms. The van der Waals surface area contributed by atoms with Gasteiger partial charge >= 0.3 is 0 Å². The molecule has 0 spiro atoms. The first kappa shape index (κ1) is 13.9. The Kier molecular flexibility index (Phi) is 3.79. The van der Waals surface area contributed by atoms with Crippen LogP contribution in [0.5, 0.6) is 0 Å². The van der Waals surface area contributed by atoms with Crippen LogP contribution in [0.1, 0.15) is 29.1 Å². The second-order valence-corrected chi connectivity index (χ2v) is 5.43. The molecule has 0 unspecified atom stereocenters. The molecular weight excluding hydrogens is 268 g/mol. The number of carbonyl (C=O) groups excluding carboxylic acids is 1. The fourth-order valence-electron chi connectivity index (χ4n) is 2.67. The van der Waals surface area contributed by atoms with E-state index in [-0.39, 0.29) is 5.91 Å². The first-order valence-corrected chi connectivity index (χ1v) is 7.26. The maximum atomic E-state index is 12.4. The highest BCUT2D eigenvalue weighted by Crippen LogP contribution is 2.21. The van der Waals surface area contributed by atoms with Crippen molar-refractivity contribution in [2.24, 2.45) is 0 Å². The molecule has 0 saturated carbocycles. The van der Waals surface area contributed by atoms with Crippen molar-refractivity contribution < 1.29 is 9.21 Å². The minimum Gasteiger partial charge on any atom is -0.460 e. The Morgan fingerprint density at radius 1 is 1.43 bits per heavy atom. The highest BCUT2D eigenvalue weighted by atomic mass is 16.3. The molecule has 2 aromatic heterocycles. The van der Waals surface area contributed by atoms with E-state index in [0.29, 0.717) is 17.5 Å². The molecule has 0 aromatic carbocycles. The summed E-state index contributed by atoms with van der Waals surface area (Å²) in [5, 5.41) is 10.3. The number of piperidine rings is 1. The molecule has 2 aromatic rings. The summed E-state index contributed by atoms with van der Waals surface area (Å²) in [4.78, 5) is 14.3. The molecule has 1 amide bonds. The first-order chi connectivity index (χ1) is 10.2. The van der Waals surface area contributed by atoms with Crippen LogP contribution in [0.2, 0.25) is 0 Å². The van der Waals surface area contributed by atoms with Crippen molar-refractivity contribution in [1.29, 1.82) is 0 Å². The number of hydrogen-bond acceptors (Lipinski definition) is 4. The van der Waals surface area contributed by atoms with Gasteiger partial charge in [0.1, 0.15) is 11.5 Å². The second-order valence-electron chi connectivity index (χ2n) is 5.43. The SMILES string of the molecule is CNC1CCN(C(=O)c2cc(-c3ccc(C)o3)[nH]n2)CC1. The van der Waals surface area contributed by atoms with Crippen LogP contribution in [-0.4, -0.2) is 47.2 Å². The maximum Gasteiger partial charge on any atom is 0.274 e. The highest BCUT2D eigenvalue weighted by molar-refractivity contribution is 5.93. The number of aromatic amines is 1. The molecule has 1 fully saturated rings. The van der Waals surface area contributed by atoms with Gasteiger partial charge in [-0.05, 0) is 38.9 Å². The number of aromatic nitrogens is 2. The molecule has 6 heteroatoms. The Labute approximate surface area is 123 Å². The topological polar surface area (TPSA) is 74.2 Å². The number of nitrogens with one attached hydrogen (secondary N) is 2. The fraction of sp³-hybridized carbons (Fsp3) is 0.467. The van der Waals surface area contributed by atoms with Crippen molar-refractivity contribution >= 4 is 5.91 Å². The monoisotopic (exact) mass is 288 g/mol. The number of aryl methyl sites for hydroxylation is 1. The standard InChI is InChI=1S/C15H20N4O2/c1-10-3-4-14(21-10)12-9-13(18-17-12)15(20)19-7-5-11(16-2)6-8-19/h3-4,9,11,16H,5-8H2,1-2H3,(H,17,18). The predicted octanol–water partition coefficient (Wildman–Crippen LogP) is 1.80. The molecule has 0 radical (unpaired) electrons. The van der Waals surface area contributed by atoms with E-state index in [1.807, 2.05) is 31.0 Å². The molecule has 0 aliphatic carbocycles. The highest BCUT2D eigenvalue weighted by Gasteiger charge is 2.24. The number of hydrogen-bond donors (Lipinski definition) is 2. The molecular formula is C15H20N4O2. The van der Waals surface area contributed by atoms with E-state index in [9.17, 15) is 4.79 Å². The van der Waals surface area contributed by atoms with Gasteiger partial charge in [0.2, 0.25) is 0 Å². The molecule has 6 nitrogen and oxygen atoms in total. The van der Waals surface area contributed by atoms with Crippen molar-refractivity contribution in [2.75, 3.05) is 20.1 Å². The fourth-order valence-corrected chi connectivity index (χ4v) is 2.67. The Morgan fingerprint density at radius 2 is 2.19 bits per heavy atom. The summed E-state index contributed by atoms with van der Waals surface area (Å²) in [5.74, 6) is 1.52. The lowest BCUT2D eigenvalue weighted by Gasteiger charge is -2.31. The van der Waals surface area contributed by atoms with Gasteiger partial charge in [-0.3, -0.25) is 9.89 Å². The number of likely N-dealkylation sites (tertiary alicyclic amines) is 1. The van der Waals surface area contributed by atoms with E-state index in [4.69, 9.17) is 4.42 Å². The summed E-state index contributed by atoms with van der Waals surface area (Å²) in [7, 11) is 1.97. The van der Waals surface area contributed by atoms with Crippen LogP contribution in [0.4, 0.5) is 0 Å². The third kappa shape index (κ3) is 2.85. The number of nitrogens with zero attached hydrogens (tertiary/aromatic N) is 2. The van der Waals surface area contributed by atoms with Crippen molar-refractivity contribution in [3.63, 3.8) is 0 Å². The summed E-state index contributed by atoms with van der Waals surface area (Å²) in [6.07, 6.45) is 1.97. The summed E-state index contributed by atoms with van der Waals surface area (Å²) in [6, 6.07) is 6.02. The van der Waals surface area contributed by atoms with Crippen LogP contribution < -0.4 is 5.32 Å². The molecule has 112 valence electrons. The van der Waals surface area contributed by atoms with Crippen molar-refractivity contribution in [2.45, 2.75) is 25.8 Å². The second kappa shape index (κ2) is 5.73. The minimum absolute atomic E-state index is 0.0182. The number of amides is 1. The van der Waals surface area contributed by atoms with E-state index >= 15 is 0 Å². The van der Waals surface area contributed by atoms with Gasteiger partial charge < -0.3 is 14.6 Å². The minimum atomic E-state index is -0.0182. The largest absolute Gasteiger partial charge is 0.460 e. The van der Waals surface area contributed by atoms with Gasteiger partial charge in [-0.25, -0.2) is 0 Å². The molecule has 1 aliphatic rings.